The summed E-state index contributed by atoms with van der Waals surface area (Å²) < 4.78 is 0. The van der Waals surface area contributed by atoms with Gasteiger partial charge in [-0.1, -0.05) is 53.5 Å². The Kier molecular flexibility index (Phi) is 3.88. The number of nitrogens with two attached hydrogens (primary N) is 1. The van der Waals surface area contributed by atoms with Crippen molar-refractivity contribution in [3.05, 3.63) is 86.8 Å². The molecule has 0 bridgehead atoms. The van der Waals surface area contributed by atoms with Crippen LogP contribution in [-0.2, 0) is 6.42 Å². The molecule has 0 saturated carbocycles. The second-order valence-corrected chi connectivity index (χ2v) is 6.84. The normalized spacial score (nSPS) is 15.2. The highest BCUT2D eigenvalue weighted by molar-refractivity contribution is 6.42. The molecule has 0 spiro atoms. The Bertz CT molecular complexity index is 1040. The van der Waals surface area contributed by atoms with Gasteiger partial charge in [0.25, 0.3) is 0 Å². The zero-order valence-corrected chi connectivity index (χ0v) is 14.6. The van der Waals surface area contributed by atoms with Crippen LogP contribution in [0, 0.1) is 6.57 Å². The summed E-state index contributed by atoms with van der Waals surface area (Å²) in [4.78, 5) is 7.84. The summed E-state index contributed by atoms with van der Waals surface area (Å²) in [7, 11) is 0. The SMILES string of the molecule is [C-]#[N+]c1c(N)ncc2c1-c1ccccc1C(c1ccc(Cl)c(Cl)c1)C2. The van der Waals surface area contributed by atoms with E-state index >= 15 is 0 Å². The molecular weight excluding hydrogens is 353 g/mol. The quantitative estimate of drug-likeness (QED) is 0.547. The largest absolute Gasteiger partial charge is 0.392 e. The van der Waals surface area contributed by atoms with Gasteiger partial charge in [0, 0.05) is 12.1 Å². The molecule has 1 aliphatic carbocycles. The predicted octanol–water partition coefficient (Wildman–Crippen LogP) is 5.88. The van der Waals surface area contributed by atoms with Crippen LogP contribution >= 0.6 is 23.2 Å². The summed E-state index contributed by atoms with van der Waals surface area (Å²) in [6.45, 7) is 7.50. The molecule has 0 aliphatic heterocycles. The molecule has 0 fully saturated rings. The minimum absolute atomic E-state index is 0.127. The average Bonchev–Trinajstić information content (AvgIpc) is 2.63. The van der Waals surface area contributed by atoms with Crippen LogP contribution in [0.1, 0.15) is 22.6 Å². The Labute approximate surface area is 155 Å². The summed E-state index contributed by atoms with van der Waals surface area (Å²) in [5.41, 5.74) is 11.6. The minimum Gasteiger partial charge on any atom is -0.392 e. The van der Waals surface area contributed by atoms with E-state index < -0.39 is 0 Å². The number of nitrogens with zero attached hydrogens (tertiary/aromatic N) is 2. The van der Waals surface area contributed by atoms with Crippen LogP contribution in [-0.4, -0.2) is 4.98 Å². The molecule has 2 N–H and O–H groups in total. The number of hydrogen-bond donors (Lipinski definition) is 1. The Hall–Kier alpha value is -2.54. The van der Waals surface area contributed by atoms with Gasteiger partial charge >= 0.3 is 0 Å². The predicted molar refractivity (Wildman–Crippen MR) is 102 cm³/mol. The average molecular weight is 366 g/mol. The van der Waals surface area contributed by atoms with Crippen LogP contribution in [0.4, 0.5) is 11.5 Å². The molecule has 2 aromatic carbocycles. The van der Waals surface area contributed by atoms with E-state index in [0.717, 1.165) is 34.2 Å². The number of benzene rings is 2. The van der Waals surface area contributed by atoms with E-state index in [1.807, 2.05) is 36.4 Å². The third kappa shape index (κ3) is 2.55. The van der Waals surface area contributed by atoms with Gasteiger partial charge in [-0.15, -0.1) is 0 Å². The lowest BCUT2D eigenvalue weighted by atomic mass is 9.76. The van der Waals surface area contributed by atoms with E-state index in [0.29, 0.717) is 15.7 Å². The molecule has 0 radical (unpaired) electrons. The summed E-state index contributed by atoms with van der Waals surface area (Å²) in [5, 5.41) is 1.08. The number of aromatic nitrogens is 1. The van der Waals surface area contributed by atoms with E-state index in [4.69, 9.17) is 35.5 Å². The zero-order chi connectivity index (χ0) is 17.6. The lowest BCUT2D eigenvalue weighted by molar-refractivity contribution is 0.791. The molecule has 5 heteroatoms. The number of hydrogen-bond acceptors (Lipinski definition) is 2. The van der Waals surface area contributed by atoms with E-state index in [-0.39, 0.29) is 11.7 Å². The van der Waals surface area contributed by atoms with Crippen molar-refractivity contribution >= 4 is 34.7 Å². The van der Waals surface area contributed by atoms with Crippen molar-refractivity contribution in [2.24, 2.45) is 0 Å². The minimum atomic E-state index is 0.127. The van der Waals surface area contributed by atoms with Crippen LogP contribution in [0.2, 0.25) is 10.0 Å². The first-order chi connectivity index (χ1) is 12.1. The second-order valence-electron chi connectivity index (χ2n) is 6.02. The van der Waals surface area contributed by atoms with Gasteiger partial charge in [0.05, 0.1) is 16.6 Å². The lowest BCUT2D eigenvalue weighted by Crippen LogP contribution is -2.13. The number of halogens is 2. The van der Waals surface area contributed by atoms with Gasteiger partial charge in [-0.25, -0.2) is 4.85 Å². The number of anilines is 1. The molecule has 1 aliphatic rings. The summed E-state index contributed by atoms with van der Waals surface area (Å²) in [6.07, 6.45) is 2.51. The first-order valence-electron chi connectivity index (χ1n) is 7.79. The maximum atomic E-state index is 7.50. The standard InChI is InChI=1S/C20H13Cl2N3/c1-24-19-18-12(10-25-20(19)23)8-15(13-4-2-3-5-14(13)18)11-6-7-16(21)17(22)9-11/h2-7,9-10,15H,8H2,(H2,23,25). The lowest BCUT2D eigenvalue weighted by Gasteiger charge is -2.29. The van der Waals surface area contributed by atoms with Crippen molar-refractivity contribution in [2.45, 2.75) is 12.3 Å². The highest BCUT2D eigenvalue weighted by atomic mass is 35.5. The first kappa shape index (κ1) is 16.0. The summed E-state index contributed by atoms with van der Waals surface area (Å²) in [6, 6.07) is 13.9. The van der Waals surface area contributed by atoms with Gasteiger partial charge in [0.1, 0.15) is 5.82 Å². The molecule has 1 unspecified atom stereocenters. The number of fused-ring (bicyclic) bond motifs is 3. The fraction of sp³-hybridized carbons (Fsp3) is 0.100. The van der Waals surface area contributed by atoms with Crippen LogP contribution in [0.3, 0.4) is 0 Å². The Morgan fingerprint density at radius 1 is 1.12 bits per heavy atom. The number of rotatable bonds is 1. The Balaban J connectivity index is 1.96. The fourth-order valence-corrected chi connectivity index (χ4v) is 3.81. The van der Waals surface area contributed by atoms with Crippen molar-refractivity contribution in [1.82, 2.24) is 4.98 Å². The first-order valence-corrected chi connectivity index (χ1v) is 8.54. The van der Waals surface area contributed by atoms with Crippen LogP contribution < -0.4 is 5.73 Å². The van der Waals surface area contributed by atoms with Gasteiger partial charge in [-0.2, -0.15) is 0 Å². The van der Waals surface area contributed by atoms with Crippen molar-refractivity contribution in [3.63, 3.8) is 0 Å². The van der Waals surface area contributed by atoms with Crippen molar-refractivity contribution in [1.29, 1.82) is 0 Å². The number of nitrogen functional groups attached to an aromatic ring is 1. The Morgan fingerprint density at radius 2 is 1.92 bits per heavy atom. The third-order valence-corrected chi connectivity index (χ3v) is 5.39. The number of pyridine rings is 1. The molecule has 3 aromatic rings. The van der Waals surface area contributed by atoms with E-state index in [1.165, 1.54) is 0 Å². The monoisotopic (exact) mass is 365 g/mol. The van der Waals surface area contributed by atoms with Crippen molar-refractivity contribution < 1.29 is 0 Å². The highest BCUT2D eigenvalue weighted by Crippen LogP contribution is 2.48. The molecule has 1 aromatic heterocycles. The molecule has 1 atom stereocenters. The van der Waals surface area contributed by atoms with Gasteiger partial charge in [0.2, 0.25) is 5.69 Å². The Morgan fingerprint density at radius 3 is 2.68 bits per heavy atom. The van der Waals surface area contributed by atoms with Crippen molar-refractivity contribution in [2.75, 3.05) is 5.73 Å². The van der Waals surface area contributed by atoms with Crippen LogP contribution in [0.25, 0.3) is 16.0 Å². The highest BCUT2D eigenvalue weighted by Gasteiger charge is 2.29. The molecule has 3 nitrogen and oxygen atoms in total. The van der Waals surface area contributed by atoms with E-state index in [1.54, 1.807) is 6.20 Å². The van der Waals surface area contributed by atoms with Crippen LogP contribution in [0.15, 0.2) is 48.7 Å². The van der Waals surface area contributed by atoms with Gasteiger partial charge in [-0.05, 0) is 46.4 Å². The maximum Gasteiger partial charge on any atom is 0.235 e. The van der Waals surface area contributed by atoms with Gasteiger partial charge in [-0.3, -0.25) is 4.98 Å². The third-order valence-electron chi connectivity index (χ3n) is 4.65. The fourth-order valence-electron chi connectivity index (χ4n) is 3.51. The van der Waals surface area contributed by atoms with Crippen molar-refractivity contribution in [3.8, 4) is 11.1 Å². The van der Waals surface area contributed by atoms with E-state index in [2.05, 4.69) is 15.9 Å². The molecule has 1 heterocycles. The van der Waals surface area contributed by atoms with Gasteiger partial charge < -0.3 is 5.73 Å². The van der Waals surface area contributed by atoms with E-state index in [9.17, 15) is 0 Å². The summed E-state index contributed by atoms with van der Waals surface area (Å²) >= 11 is 12.3. The molecule has 0 saturated heterocycles. The molecular formula is C20H13Cl2N3. The van der Waals surface area contributed by atoms with Gasteiger partial charge in [0.15, 0.2) is 0 Å². The smallest absolute Gasteiger partial charge is 0.235 e. The molecule has 122 valence electrons. The molecule has 25 heavy (non-hydrogen) atoms. The molecule has 4 rings (SSSR count). The topological polar surface area (TPSA) is 43.3 Å². The maximum absolute atomic E-state index is 7.50. The zero-order valence-electron chi connectivity index (χ0n) is 13.1. The second kappa shape index (κ2) is 6.07. The molecule has 0 amide bonds. The summed E-state index contributed by atoms with van der Waals surface area (Å²) in [5.74, 6) is 0.402. The van der Waals surface area contributed by atoms with Crippen LogP contribution in [0.5, 0.6) is 0 Å².